The second-order valence-electron chi connectivity index (χ2n) is 5.72. The van der Waals surface area contributed by atoms with Gasteiger partial charge in [0.2, 0.25) is 5.88 Å². The average molecular weight is 349 g/mol. The van der Waals surface area contributed by atoms with Gasteiger partial charge in [0, 0.05) is 12.7 Å². The van der Waals surface area contributed by atoms with Crippen LogP contribution < -0.4 is 10.1 Å². The van der Waals surface area contributed by atoms with Crippen LogP contribution in [0.25, 0.3) is 0 Å². The number of carbonyl (C=O) groups is 1. The van der Waals surface area contributed by atoms with Gasteiger partial charge in [-0.3, -0.25) is 0 Å². The third-order valence-corrected chi connectivity index (χ3v) is 4.07. The number of hydrogen-bond donors (Lipinski definition) is 2. The van der Waals surface area contributed by atoms with Gasteiger partial charge >= 0.3 is 6.03 Å². The van der Waals surface area contributed by atoms with Gasteiger partial charge in [0.05, 0.1) is 19.3 Å². The Morgan fingerprint density at radius 1 is 1.36 bits per heavy atom. The van der Waals surface area contributed by atoms with Crippen LogP contribution >= 0.6 is 0 Å². The maximum Gasteiger partial charge on any atom is 0.322 e. The van der Waals surface area contributed by atoms with E-state index < -0.39 is 29.8 Å². The fourth-order valence-corrected chi connectivity index (χ4v) is 2.91. The number of rotatable bonds is 3. The number of amides is 2. The first-order chi connectivity index (χ1) is 12.0. The molecule has 0 spiro atoms. The topological polar surface area (TPSA) is 74.7 Å². The number of pyridine rings is 1. The van der Waals surface area contributed by atoms with Crippen LogP contribution in [-0.2, 0) is 0 Å². The van der Waals surface area contributed by atoms with Gasteiger partial charge in [-0.1, -0.05) is 6.07 Å². The summed E-state index contributed by atoms with van der Waals surface area (Å²) in [6.07, 6.45) is 1.01. The van der Waals surface area contributed by atoms with E-state index in [4.69, 9.17) is 4.74 Å². The molecule has 1 aromatic heterocycles. The number of β-amino-alcohol motifs (C(OH)–C–C–N with tert-alkyl or cyclic N) is 1. The number of methoxy groups -OCH3 is 1. The van der Waals surface area contributed by atoms with Crippen molar-refractivity contribution in [1.82, 2.24) is 9.88 Å². The monoisotopic (exact) mass is 349 g/mol. The summed E-state index contributed by atoms with van der Waals surface area (Å²) >= 11 is 0. The molecule has 3 rings (SSSR count). The summed E-state index contributed by atoms with van der Waals surface area (Å²) in [5.74, 6) is -1.70. The molecule has 1 aromatic carbocycles. The Balaban J connectivity index is 1.83. The Morgan fingerprint density at radius 2 is 2.16 bits per heavy atom. The van der Waals surface area contributed by atoms with Crippen LogP contribution in [-0.4, -0.2) is 40.8 Å². The van der Waals surface area contributed by atoms with Crippen molar-refractivity contribution in [3.63, 3.8) is 0 Å². The molecule has 0 unspecified atom stereocenters. The van der Waals surface area contributed by atoms with E-state index >= 15 is 0 Å². The number of aliphatic hydroxyl groups excluding tert-OH is 1. The molecule has 1 aliphatic rings. The van der Waals surface area contributed by atoms with Crippen LogP contribution in [0.1, 0.15) is 18.0 Å². The van der Waals surface area contributed by atoms with Crippen molar-refractivity contribution in [3.8, 4) is 5.88 Å². The lowest BCUT2D eigenvalue weighted by atomic mass is 10.0. The second kappa shape index (κ2) is 7.02. The highest BCUT2D eigenvalue weighted by Gasteiger charge is 2.36. The van der Waals surface area contributed by atoms with Crippen molar-refractivity contribution in [2.24, 2.45) is 0 Å². The molecule has 0 aliphatic carbocycles. The van der Waals surface area contributed by atoms with Crippen LogP contribution in [0.5, 0.6) is 5.88 Å². The highest BCUT2D eigenvalue weighted by Crippen LogP contribution is 2.33. The lowest BCUT2D eigenvalue weighted by molar-refractivity contribution is 0.175. The van der Waals surface area contributed by atoms with Crippen molar-refractivity contribution in [2.45, 2.75) is 18.6 Å². The van der Waals surface area contributed by atoms with Crippen molar-refractivity contribution in [2.75, 3.05) is 19.0 Å². The van der Waals surface area contributed by atoms with Crippen LogP contribution in [0.3, 0.4) is 0 Å². The SMILES string of the molecule is COc1ncccc1NC(=O)N1C[C@@H](O)C[C@@H]1c1ccc(F)c(F)c1. The van der Waals surface area contributed by atoms with Crippen LogP contribution in [0.15, 0.2) is 36.5 Å². The van der Waals surface area contributed by atoms with Crippen molar-refractivity contribution >= 4 is 11.7 Å². The number of benzene rings is 1. The number of halogens is 2. The fraction of sp³-hybridized carbons (Fsp3) is 0.294. The number of ether oxygens (including phenoxy) is 1. The van der Waals surface area contributed by atoms with E-state index in [0.29, 0.717) is 11.3 Å². The number of hydrogen-bond acceptors (Lipinski definition) is 4. The van der Waals surface area contributed by atoms with Gasteiger partial charge in [-0.25, -0.2) is 18.6 Å². The average Bonchev–Trinajstić information content (AvgIpc) is 3.00. The number of likely N-dealkylation sites (tertiary alicyclic amines) is 1. The maximum atomic E-state index is 13.5. The molecule has 6 nitrogen and oxygen atoms in total. The van der Waals surface area contributed by atoms with Crippen molar-refractivity contribution < 1.29 is 23.4 Å². The summed E-state index contributed by atoms with van der Waals surface area (Å²) in [6.45, 7) is 0.0814. The minimum atomic E-state index is -0.992. The second-order valence-corrected chi connectivity index (χ2v) is 5.72. The molecular weight excluding hydrogens is 332 g/mol. The highest BCUT2D eigenvalue weighted by molar-refractivity contribution is 5.91. The minimum absolute atomic E-state index is 0.0814. The van der Waals surface area contributed by atoms with E-state index in [1.54, 1.807) is 12.1 Å². The summed E-state index contributed by atoms with van der Waals surface area (Å²) in [7, 11) is 1.43. The quantitative estimate of drug-likeness (QED) is 0.893. The van der Waals surface area contributed by atoms with Gasteiger partial charge in [0.25, 0.3) is 0 Å². The largest absolute Gasteiger partial charge is 0.480 e. The van der Waals surface area contributed by atoms with Crippen LogP contribution in [0.4, 0.5) is 19.3 Å². The van der Waals surface area contributed by atoms with Gasteiger partial charge in [-0.05, 0) is 36.2 Å². The molecule has 132 valence electrons. The van der Waals surface area contributed by atoms with Gasteiger partial charge in [0.15, 0.2) is 11.6 Å². The molecular formula is C17H17F2N3O3. The predicted molar refractivity (Wildman–Crippen MR) is 86.2 cm³/mol. The normalized spacial score (nSPS) is 19.8. The highest BCUT2D eigenvalue weighted by atomic mass is 19.2. The standard InChI is InChI=1S/C17H17F2N3O3/c1-25-16-14(3-2-6-20-16)21-17(24)22-9-11(23)8-15(22)10-4-5-12(18)13(19)7-10/h2-7,11,15,23H,8-9H2,1H3,(H,21,24)/t11-,15+/m0/s1. The number of aliphatic hydroxyl groups is 1. The molecule has 2 aromatic rings. The zero-order valence-electron chi connectivity index (χ0n) is 13.4. The van der Waals surface area contributed by atoms with Gasteiger partial charge in [-0.2, -0.15) is 0 Å². The predicted octanol–water partition coefficient (Wildman–Crippen LogP) is 2.71. The molecule has 8 heteroatoms. The number of aromatic nitrogens is 1. The van der Waals surface area contributed by atoms with E-state index in [9.17, 15) is 18.7 Å². The molecule has 2 amide bonds. The number of nitrogens with one attached hydrogen (secondary N) is 1. The third kappa shape index (κ3) is 3.53. The van der Waals surface area contributed by atoms with Gasteiger partial charge in [0.1, 0.15) is 5.69 Å². The third-order valence-electron chi connectivity index (χ3n) is 4.07. The minimum Gasteiger partial charge on any atom is -0.480 e. The number of anilines is 1. The molecule has 2 heterocycles. The number of carbonyl (C=O) groups excluding carboxylic acids is 1. The van der Waals surface area contributed by atoms with Gasteiger partial charge in [-0.15, -0.1) is 0 Å². The van der Waals surface area contributed by atoms with E-state index in [2.05, 4.69) is 10.3 Å². The lowest BCUT2D eigenvalue weighted by Crippen LogP contribution is -2.35. The summed E-state index contributed by atoms with van der Waals surface area (Å²) in [5, 5.41) is 12.6. The molecule has 0 radical (unpaired) electrons. The summed E-state index contributed by atoms with van der Waals surface area (Å²) in [4.78, 5) is 18.0. The molecule has 25 heavy (non-hydrogen) atoms. The number of nitrogens with zero attached hydrogens (tertiary/aromatic N) is 2. The Labute approximate surface area is 143 Å². The molecule has 1 fully saturated rings. The first kappa shape index (κ1) is 17.1. The fourth-order valence-electron chi connectivity index (χ4n) is 2.91. The summed E-state index contributed by atoms with van der Waals surface area (Å²) < 4.78 is 31.8. The Morgan fingerprint density at radius 3 is 2.88 bits per heavy atom. The molecule has 2 atom stereocenters. The smallest absolute Gasteiger partial charge is 0.322 e. The van der Waals surface area contributed by atoms with Crippen LogP contribution in [0.2, 0.25) is 0 Å². The Kier molecular flexibility index (Phi) is 4.80. The van der Waals surface area contributed by atoms with Gasteiger partial charge < -0.3 is 20.1 Å². The molecule has 0 bridgehead atoms. The summed E-state index contributed by atoms with van der Waals surface area (Å²) in [6, 6.07) is 5.68. The van der Waals surface area contributed by atoms with E-state index in [-0.39, 0.29) is 18.8 Å². The molecule has 0 saturated carbocycles. The molecule has 2 N–H and O–H groups in total. The van der Waals surface area contributed by atoms with E-state index in [1.807, 2.05) is 0 Å². The van der Waals surface area contributed by atoms with E-state index in [1.165, 1.54) is 24.3 Å². The van der Waals surface area contributed by atoms with E-state index in [0.717, 1.165) is 12.1 Å². The first-order valence-electron chi connectivity index (χ1n) is 7.69. The zero-order valence-corrected chi connectivity index (χ0v) is 13.4. The number of urea groups is 1. The first-order valence-corrected chi connectivity index (χ1v) is 7.69. The molecule has 1 saturated heterocycles. The maximum absolute atomic E-state index is 13.5. The Hall–Kier alpha value is -2.74. The molecule has 1 aliphatic heterocycles. The van der Waals surface area contributed by atoms with Crippen molar-refractivity contribution in [1.29, 1.82) is 0 Å². The van der Waals surface area contributed by atoms with Crippen molar-refractivity contribution in [3.05, 3.63) is 53.7 Å². The zero-order chi connectivity index (χ0) is 18.0. The van der Waals surface area contributed by atoms with Crippen LogP contribution in [0, 0.1) is 11.6 Å². The lowest BCUT2D eigenvalue weighted by Gasteiger charge is -2.25. The Bertz CT molecular complexity index is 787. The summed E-state index contributed by atoms with van der Waals surface area (Å²) in [5.41, 5.74) is 0.796.